The zero-order chi connectivity index (χ0) is 13.8. The Morgan fingerprint density at radius 3 is 2.67 bits per heavy atom. The van der Waals surface area contributed by atoms with Crippen LogP contribution < -0.4 is 5.32 Å². The van der Waals surface area contributed by atoms with Crippen molar-refractivity contribution in [1.82, 2.24) is 10.2 Å². The van der Waals surface area contributed by atoms with Gasteiger partial charge in [0.25, 0.3) is 0 Å². The first-order chi connectivity index (χ1) is 8.40. The summed E-state index contributed by atoms with van der Waals surface area (Å²) in [7, 11) is 3.12. The molecule has 1 aliphatic rings. The van der Waals surface area contributed by atoms with Gasteiger partial charge in [-0.25, -0.2) is 0 Å². The number of rotatable bonds is 4. The first-order valence-electron chi connectivity index (χ1n) is 6.45. The van der Waals surface area contributed by atoms with E-state index in [-0.39, 0.29) is 23.2 Å². The molecule has 0 aromatic rings. The largest absolute Gasteiger partial charge is 0.469 e. The van der Waals surface area contributed by atoms with Crippen molar-refractivity contribution in [2.75, 3.05) is 33.8 Å². The molecule has 1 heterocycles. The quantitative estimate of drug-likeness (QED) is 0.750. The molecule has 1 amide bonds. The molecule has 1 rings (SSSR count). The summed E-state index contributed by atoms with van der Waals surface area (Å²) in [6.07, 6.45) is 1.92. The Bertz CT molecular complexity index is 311. The van der Waals surface area contributed by atoms with E-state index in [1.165, 1.54) is 7.11 Å². The van der Waals surface area contributed by atoms with E-state index in [9.17, 15) is 9.59 Å². The second kappa shape index (κ2) is 6.18. The predicted molar refractivity (Wildman–Crippen MR) is 69.0 cm³/mol. The lowest BCUT2D eigenvalue weighted by Gasteiger charge is -2.36. The minimum Gasteiger partial charge on any atom is -0.469 e. The lowest BCUT2D eigenvalue weighted by Crippen LogP contribution is -2.50. The highest BCUT2D eigenvalue weighted by molar-refractivity contribution is 5.83. The Labute approximate surface area is 109 Å². The number of amides is 1. The van der Waals surface area contributed by atoms with Gasteiger partial charge in [-0.15, -0.1) is 0 Å². The highest BCUT2D eigenvalue weighted by Gasteiger charge is 2.37. The Morgan fingerprint density at radius 1 is 1.50 bits per heavy atom. The fraction of sp³-hybridized carbons (Fsp3) is 0.846. The maximum Gasteiger partial charge on any atom is 0.310 e. The van der Waals surface area contributed by atoms with Crippen LogP contribution in [0.3, 0.4) is 0 Å². The number of piperidine rings is 1. The lowest BCUT2D eigenvalue weighted by molar-refractivity contribution is -0.148. The van der Waals surface area contributed by atoms with Gasteiger partial charge in [0.15, 0.2) is 0 Å². The van der Waals surface area contributed by atoms with Crippen LogP contribution >= 0.6 is 0 Å². The van der Waals surface area contributed by atoms with Crippen LogP contribution in [0, 0.1) is 11.3 Å². The number of carbonyl (C=O) groups excluding carboxylic acids is 2. The molecule has 2 atom stereocenters. The van der Waals surface area contributed by atoms with E-state index < -0.39 is 0 Å². The molecule has 18 heavy (non-hydrogen) atoms. The predicted octanol–water partition coefficient (Wildman–Crippen LogP) is 0.644. The summed E-state index contributed by atoms with van der Waals surface area (Å²) in [5.74, 6) is -0.462. The van der Waals surface area contributed by atoms with Gasteiger partial charge in [0.2, 0.25) is 5.91 Å². The number of nitrogens with one attached hydrogen (secondary N) is 1. The first kappa shape index (κ1) is 15.0. The zero-order valence-corrected chi connectivity index (χ0v) is 11.8. The molecule has 0 aliphatic carbocycles. The normalized spacial score (nSPS) is 25.3. The molecule has 1 N–H and O–H groups in total. The standard InChI is InChI=1S/C13H24N2O3/c1-10(11(16)18-4)8-15(3)12(17)13(2)6-5-7-14-9-13/h10,14H,5-9H2,1-4H3. The van der Waals surface area contributed by atoms with Crippen molar-refractivity contribution in [2.24, 2.45) is 11.3 Å². The van der Waals surface area contributed by atoms with Crippen molar-refractivity contribution in [1.29, 1.82) is 0 Å². The number of hydrogen-bond acceptors (Lipinski definition) is 4. The van der Waals surface area contributed by atoms with E-state index >= 15 is 0 Å². The van der Waals surface area contributed by atoms with E-state index in [1.807, 2.05) is 6.92 Å². The Hall–Kier alpha value is -1.10. The molecule has 104 valence electrons. The van der Waals surface area contributed by atoms with Crippen LogP contribution in [0.4, 0.5) is 0 Å². The minimum absolute atomic E-state index is 0.102. The van der Waals surface area contributed by atoms with E-state index in [0.717, 1.165) is 19.4 Å². The Kier molecular flexibility index (Phi) is 5.14. The topological polar surface area (TPSA) is 58.6 Å². The van der Waals surface area contributed by atoms with Crippen molar-refractivity contribution in [3.05, 3.63) is 0 Å². The third kappa shape index (κ3) is 3.45. The number of esters is 1. The second-order valence-corrected chi connectivity index (χ2v) is 5.45. The summed E-state index contributed by atoms with van der Waals surface area (Å²) in [6.45, 7) is 5.85. The minimum atomic E-state index is -0.344. The van der Waals surface area contributed by atoms with Crippen LogP contribution in [0.2, 0.25) is 0 Å². The highest BCUT2D eigenvalue weighted by Crippen LogP contribution is 2.27. The van der Waals surface area contributed by atoms with Crippen LogP contribution in [0.15, 0.2) is 0 Å². The van der Waals surface area contributed by atoms with Crippen LogP contribution in [-0.2, 0) is 14.3 Å². The van der Waals surface area contributed by atoms with Crippen LogP contribution in [0.25, 0.3) is 0 Å². The van der Waals surface area contributed by atoms with E-state index in [0.29, 0.717) is 13.1 Å². The molecule has 0 aromatic carbocycles. The maximum absolute atomic E-state index is 12.4. The van der Waals surface area contributed by atoms with Crippen molar-refractivity contribution >= 4 is 11.9 Å². The van der Waals surface area contributed by atoms with Gasteiger partial charge >= 0.3 is 5.97 Å². The molecule has 5 heteroatoms. The molecule has 1 saturated heterocycles. The monoisotopic (exact) mass is 256 g/mol. The van der Waals surface area contributed by atoms with Gasteiger partial charge < -0.3 is 15.0 Å². The van der Waals surface area contributed by atoms with Gasteiger partial charge in [-0.2, -0.15) is 0 Å². The van der Waals surface area contributed by atoms with Crippen molar-refractivity contribution in [3.63, 3.8) is 0 Å². The van der Waals surface area contributed by atoms with Gasteiger partial charge in [-0.05, 0) is 26.3 Å². The molecule has 0 saturated carbocycles. The number of methoxy groups -OCH3 is 1. The molecule has 0 radical (unpaired) electrons. The number of carbonyl (C=O) groups is 2. The van der Waals surface area contributed by atoms with Crippen molar-refractivity contribution in [3.8, 4) is 0 Å². The Balaban J connectivity index is 2.57. The number of hydrogen-bond donors (Lipinski definition) is 1. The summed E-state index contributed by atoms with van der Waals surface area (Å²) in [5.41, 5.74) is -0.344. The highest BCUT2D eigenvalue weighted by atomic mass is 16.5. The fourth-order valence-electron chi connectivity index (χ4n) is 2.47. The van der Waals surface area contributed by atoms with Gasteiger partial charge in [0, 0.05) is 20.1 Å². The third-order valence-corrected chi connectivity index (χ3v) is 3.61. The smallest absolute Gasteiger partial charge is 0.310 e. The first-order valence-corrected chi connectivity index (χ1v) is 6.45. The molecule has 5 nitrogen and oxygen atoms in total. The van der Waals surface area contributed by atoms with Crippen molar-refractivity contribution < 1.29 is 14.3 Å². The molecular formula is C13H24N2O3. The SMILES string of the molecule is COC(=O)C(C)CN(C)C(=O)C1(C)CCCNC1. The van der Waals surface area contributed by atoms with Crippen LogP contribution in [0.1, 0.15) is 26.7 Å². The van der Waals surface area contributed by atoms with Crippen LogP contribution in [0.5, 0.6) is 0 Å². The molecule has 1 fully saturated rings. The average molecular weight is 256 g/mol. The molecule has 0 spiro atoms. The number of ether oxygens (including phenoxy) is 1. The van der Waals surface area contributed by atoms with Crippen molar-refractivity contribution in [2.45, 2.75) is 26.7 Å². The molecule has 0 bridgehead atoms. The Morgan fingerprint density at radius 2 is 2.17 bits per heavy atom. The summed E-state index contributed by atoms with van der Waals surface area (Å²) in [5, 5.41) is 3.26. The molecular weight excluding hydrogens is 232 g/mol. The molecule has 2 unspecified atom stereocenters. The molecule has 1 aliphatic heterocycles. The average Bonchev–Trinajstić information content (AvgIpc) is 2.37. The molecule has 0 aromatic heterocycles. The van der Waals surface area contributed by atoms with Gasteiger partial charge in [-0.1, -0.05) is 6.92 Å². The van der Waals surface area contributed by atoms with E-state index in [2.05, 4.69) is 10.1 Å². The van der Waals surface area contributed by atoms with Gasteiger partial charge in [0.1, 0.15) is 0 Å². The summed E-state index contributed by atoms with van der Waals surface area (Å²) < 4.78 is 4.67. The van der Waals surface area contributed by atoms with E-state index in [1.54, 1.807) is 18.9 Å². The van der Waals surface area contributed by atoms with Crippen LogP contribution in [-0.4, -0.2) is 50.6 Å². The number of nitrogens with zero attached hydrogens (tertiary/aromatic N) is 1. The summed E-state index contributed by atoms with van der Waals surface area (Å²) in [6, 6.07) is 0. The fourth-order valence-corrected chi connectivity index (χ4v) is 2.47. The van der Waals surface area contributed by atoms with E-state index in [4.69, 9.17) is 0 Å². The second-order valence-electron chi connectivity index (χ2n) is 5.45. The summed E-state index contributed by atoms with van der Waals surface area (Å²) in [4.78, 5) is 25.4. The van der Waals surface area contributed by atoms with Gasteiger partial charge in [-0.3, -0.25) is 9.59 Å². The summed E-state index contributed by atoms with van der Waals surface area (Å²) >= 11 is 0. The lowest BCUT2D eigenvalue weighted by atomic mass is 9.81. The third-order valence-electron chi connectivity index (χ3n) is 3.61. The zero-order valence-electron chi connectivity index (χ0n) is 11.8. The maximum atomic E-state index is 12.4. The van der Waals surface area contributed by atoms with Gasteiger partial charge in [0.05, 0.1) is 18.4 Å².